The molecule has 1 rings (SSSR count). The summed E-state index contributed by atoms with van der Waals surface area (Å²) < 4.78 is 5.67. The maximum Gasteiger partial charge on any atom is 0.260 e. The first-order valence-electron chi connectivity index (χ1n) is 5.53. The van der Waals surface area contributed by atoms with E-state index in [0.717, 1.165) is 16.9 Å². The molecule has 0 spiro atoms. The average Bonchev–Trinajstić information content (AvgIpc) is 2.23. The zero-order valence-corrected chi connectivity index (χ0v) is 10.3. The average molecular weight is 221 g/mol. The molecule has 1 unspecified atom stereocenters. The molecule has 0 radical (unpaired) electrons. The van der Waals surface area contributed by atoms with E-state index in [-0.39, 0.29) is 5.91 Å². The van der Waals surface area contributed by atoms with E-state index in [9.17, 15) is 4.79 Å². The summed E-state index contributed by atoms with van der Waals surface area (Å²) in [5, 5.41) is 2.60. The fourth-order valence-corrected chi connectivity index (χ4v) is 1.65. The van der Waals surface area contributed by atoms with Crippen molar-refractivity contribution < 1.29 is 9.53 Å². The fraction of sp³-hybridized carbons (Fsp3) is 0.462. The summed E-state index contributed by atoms with van der Waals surface area (Å²) in [5.74, 6) is 0.676. The zero-order valence-electron chi connectivity index (χ0n) is 10.3. The summed E-state index contributed by atoms with van der Waals surface area (Å²) >= 11 is 0. The number of ether oxygens (including phenoxy) is 1. The molecule has 0 heterocycles. The van der Waals surface area contributed by atoms with Crippen LogP contribution in [0.25, 0.3) is 0 Å². The van der Waals surface area contributed by atoms with Crippen molar-refractivity contribution in [3.05, 3.63) is 29.3 Å². The van der Waals surface area contributed by atoms with Crippen molar-refractivity contribution in [3.63, 3.8) is 0 Å². The van der Waals surface area contributed by atoms with Crippen molar-refractivity contribution in [1.82, 2.24) is 5.32 Å². The number of benzene rings is 1. The molecule has 1 aromatic carbocycles. The maximum absolute atomic E-state index is 11.5. The molecule has 0 aromatic heterocycles. The van der Waals surface area contributed by atoms with Crippen molar-refractivity contribution in [3.8, 4) is 5.75 Å². The number of hydrogen-bond acceptors (Lipinski definition) is 2. The normalized spacial score (nSPS) is 12.0. The van der Waals surface area contributed by atoms with Crippen LogP contribution in [0.3, 0.4) is 0 Å². The Labute approximate surface area is 96.8 Å². The highest BCUT2D eigenvalue weighted by atomic mass is 16.5. The molecule has 3 heteroatoms. The van der Waals surface area contributed by atoms with E-state index in [0.29, 0.717) is 6.42 Å². The molecule has 0 saturated carbocycles. The van der Waals surface area contributed by atoms with E-state index in [2.05, 4.69) is 11.4 Å². The van der Waals surface area contributed by atoms with Crippen LogP contribution in [0.2, 0.25) is 0 Å². The minimum Gasteiger partial charge on any atom is -0.481 e. The molecule has 0 bridgehead atoms. The van der Waals surface area contributed by atoms with E-state index in [4.69, 9.17) is 4.74 Å². The third-order valence-corrected chi connectivity index (χ3v) is 2.38. The Morgan fingerprint density at radius 2 is 1.88 bits per heavy atom. The van der Waals surface area contributed by atoms with Crippen LogP contribution < -0.4 is 10.1 Å². The van der Waals surface area contributed by atoms with E-state index < -0.39 is 6.10 Å². The van der Waals surface area contributed by atoms with Crippen LogP contribution in [0.5, 0.6) is 5.75 Å². The number of carbonyl (C=O) groups excluding carboxylic acids is 1. The molecule has 1 aromatic rings. The van der Waals surface area contributed by atoms with E-state index in [1.165, 1.54) is 0 Å². The Morgan fingerprint density at radius 1 is 1.31 bits per heavy atom. The van der Waals surface area contributed by atoms with Crippen LogP contribution in [0.4, 0.5) is 0 Å². The lowest BCUT2D eigenvalue weighted by Crippen LogP contribution is -2.35. The smallest absolute Gasteiger partial charge is 0.260 e. The Balaban J connectivity index is 2.81. The summed E-state index contributed by atoms with van der Waals surface area (Å²) in [5.41, 5.74) is 2.28. The first-order valence-corrected chi connectivity index (χ1v) is 5.53. The van der Waals surface area contributed by atoms with Gasteiger partial charge in [-0.05, 0) is 43.5 Å². The lowest BCUT2D eigenvalue weighted by Gasteiger charge is -2.16. The number of carbonyl (C=O) groups is 1. The van der Waals surface area contributed by atoms with Crippen LogP contribution in [0.1, 0.15) is 24.5 Å². The van der Waals surface area contributed by atoms with Crippen molar-refractivity contribution in [2.45, 2.75) is 33.3 Å². The Kier molecular flexibility index (Phi) is 4.35. The standard InChI is InChI=1S/C13H19NO2/c1-5-12(13(15)14-4)16-11-7-9(2)6-10(3)8-11/h6-8,12H,5H2,1-4H3,(H,14,15). The van der Waals surface area contributed by atoms with Crippen molar-refractivity contribution in [2.75, 3.05) is 7.05 Å². The minimum absolute atomic E-state index is 0.0818. The van der Waals surface area contributed by atoms with E-state index in [1.807, 2.05) is 32.9 Å². The largest absolute Gasteiger partial charge is 0.481 e. The Bertz CT molecular complexity index is 354. The van der Waals surface area contributed by atoms with Gasteiger partial charge in [0.2, 0.25) is 0 Å². The van der Waals surface area contributed by atoms with Gasteiger partial charge in [-0.3, -0.25) is 4.79 Å². The Hall–Kier alpha value is -1.51. The molecule has 3 nitrogen and oxygen atoms in total. The number of nitrogens with one attached hydrogen (secondary N) is 1. The van der Waals surface area contributed by atoms with Gasteiger partial charge in [0.1, 0.15) is 5.75 Å². The van der Waals surface area contributed by atoms with Gasteiger partial charge in [-0.15, -0.1) is 0 Å². The third kappa shape index (κ3) is 3.26. The number of amides is 1. The molecule has 0 aliphatic heterocycles. The SMILES string of the molecule is CCC(Oc1cc(C)cc(C)c1)C(=O)NC. The number of likely N-dealkylation sites (N-methyl/N-ethyl adjacent to an activating group) is 1. The molecule has 1 N–H and O–H groups in total. The zero-order chi connectivity index (χ0) is 12.1. The van der Waals surface area contributed by atoms with Gasteiger partial charge in [0, 0.05) is 7.05 Å². The predicted octanol–water partition coefficient (Wildman–Crippen LogP) is 2.21. The predicted molar refractivity (Wildman–Crippen MR) is 64.7 cm³/mol. The summed E-state index contributed by atoms with van der Waals surface area (Å²) in [6.45, 7) is 5.96. The Morgan fingerprint density at radius 3 is 2.31 bits per heavy atom. The molecule has 0 aliphatic rings. The summed E-state index contributed by atoms with van der Waals surface area (Å²) in [4.78, 5) is 11.5. The molecule has 0 saturated heterocycles. The maximum atomic E-state index is 11.5. The van der Waals surface area contributed by atoms with Gasteiger partial charge in [0.15, 0.2) is 6.10 Å². The highest BCUT2D eigenvalue weighted by Crippen LogP contribution is 2.18. The second kappa shape index (κ2) is 5.54. The molecule has 16 heavy (non-hydrogen) atoms. The van der Waals surface area contributed by atoms with Crippen molar-refractivity contribution in [2.24, 2.45) is 0 Å². The third-order valence-electron chi connectivity index (χ3n) is 2.38. The van der Waals surface area contributed by atoms with Gasteiger partial charge in [-0.25, -0.2) is 0 Å². The molecule has 88 valence electrons. The lowest BCUT2D eigenvalue weighted by atomic mass is 10.1. The second-order valence-corrected chi connectivity index (χ2v) is 3.95. The summed E-state index contributed by atoms with van der Waals surface area (Å²) in [7, 11) is 1.62. The van der Waals surface area contributed by atoms with Crippen LogP contribution in [-0.4, -0.2) is 19.1 Å². The molecular formula is C13H19NO2. The van der Waals surface area contributed by atoms with Crippen LogP contribution in [0.15, 0.2) is 18.2 Å². The van der Waals surface area contributed by atoms with Gasteiger partial charge < -0.3 is 10.1 Å². The van der Waals surface area contributed by atoms with Gasteiger partial charge in [0.05, 0.1) is 0 Å². The molecule has 0 aliphatic carbocycles. The topological polar surface area (TPSA) is 38.3 Å². The number of hydrogen-bond donors (Lipinski definition) is 1. The molecule has 1 atom stereocenters. The van der Waals surface area contributed by atoms with Crippen molar-refractivity contribution in [1.29, 1.82) is 0 Å². The molecule has 1 amide bonds. The highest BCUT2D eigenvalue weighted by Gasteiger charge is 2.16. The monoisotopic (exact) mass is 221 g/mol. The van der Waals surface area contributed by atoms with E-state index in [1.54, 1.807) is 7.05 Å². The van der Waals surface area contributed by atoms with E-state index >= 15 is 0 Å². The van der Waals surface area contributed by atoms with Gasteiger partial charge in [-0.2, -0.15) is 0 Å². The quantitative estimate of drug-likeness (QED) is 0.846. The first kappa shape index (κ1) is 12.6. The van der Waals surface area contributed by atoms with Gasteiger partial charge in [0.25, 0.3) is 5.91 Å². The van der Waals surface area contributed by atoms with Crippen LogP contribution in [-0.2, 0) is 4.79 Å². The fourth-order valence-electron chi connectivity index (χ4n) is 1.65. The lowest BCUT2D eigenvalue weighted by molar-refractivity contribution is -0.127. The van der Waals surface area contributed by atoms with Crippen LogP contribution >= 0.6 is 0 Å². The highest BCUT2D eigenvalue weighted by molar-refractivity contribution is 5.80. The molecular weight excluding hydrogens is 202 g/mol. The second-order valence-electron chi connectivity index (χ2n) is 3.95. The first-order chi connectivity index (χ1) is 7.56. The molecule has 0 fully saturated rings. The minimum atomic E-state index is -0.411. The summed E-state index contributed by atoms with van der Waals surface area (Å²) in [6.07, 6.45) is 0.248. The van der Waals surface area contributed by atoms with Crippen LogP contribution in [0, 0.1) is 13.8 Å². The van der Waals surface area contributed by atoms with Gasteiger partial charge in [-0.1, -0.05) is 13.0 Å². The number of rotatable bonds is 4. The summed E-state index contributed by atoms with van der Waals surface area (Å²) in [6, 6.07) is 5.96. The van der Waals surface area contributed by atoms with Crippen molar-refractivity contribution >= 4 is 5.91 Å². The number of aryl methyl sites for hydroxylation is 2. The van der Waals surface area contributed by atoms with Gasteiger partial charge >= 0.3 is 0 Å².